The van der Waals surface area contributed by atoms with Gasteiger partial charge in [-0.1, -0.05) is 26.0 Å². The van der Waals surface area contributed by atoms with E-state index in [0.717, 1.165) is 51.6 Å². The normalized spacial score (nSPS) is 18.1. The van der Waals surface area contributed by atoms with Crippen molar-refractivity contribution in [2.45, 2.75) is 39.7 Å². The Hall–Kier alpha value is -1.27. The van der Waals surface area contributed by atoms with Crippen LogP contribution in [0.25, 0.3) is 0 Å². The Labute approximate surface area is 199 Å². The average molecular weight is 558 g/mol. The first-order valence-corrected chi connectivity index (χ1v) is 10.5. The molecule has 0 spiro atoms. The molecule has 0 amide bonds. The summed E-state index contributed by atoms with van der Waals surface area (Å²) in [6.07, 6.45) is -4.54. The number of aliphatic hydroxyl groups excluding tert-OH is 1. The van der Waals surface area contributed by atoms with Crippen molar-refractivity contribution in [2.24, 2.45) is 10.9 Å². The predicted octanol–water partition coefficient (Wildman–Crippen LogP) is 3.87. The Bertz CT molecular complexity index is 670. The quantitative estimate of drug-likeness (QED) is 0.274. The molecule has 2 N–H and O–H groups in total. The molecule has 0 radical (unpaired) electrons. The largest absolute Gasteiger partial charge is 0.573 e. The van der Waals surface area contributed by atoms with Crippen molar-refractivity contribution < 1.29 is 23.0 Å². The minimum Gasteiger partial charge on any atom is -0.406 e. The second kappa shape index (κ2) is 13.3. The van der Waals surface area contributed by atoms with Gasteiger partial charge in [-0.05, 0) is 50.0 Å². The van der Waals surface area contributed by atoms with Gasteiger partial charge < -0.3 is 25.0 Å². The highest BCUT2D eigenvalue weighted by Crippen LogP contribution is 2.24. The van der Waals surface area contributed by atoms with Gasteiger partial charge in [0.25, 0.3) is 0 Å². The van der Waals surface area contributed by atoms with Gasteiger partial charge in [0, 0.05) is 26.2 Å². The van der Waals surface area contributed by atoms with Gasteiger partial charge in [0.2, 0.25) is 0 Å². The van der Waals surface area contributed by atoms with Crippen LogP contribution in [0.15, 0.2) is 29.3 Å². The molecule has 31 heavy (non-hydrogen) atoms. The maximum absolute atomic E-state index is 12.3. The summed E-state index contributed by atoms with van der Waals surface area (Å²) in [6.45, 7) is 12.2. The zero-order valence-electron chi connectivity index (χ0n) is 18.4. The van der Waals surface area contributed by atoms with Crippen molar-refractivity contribution in [3.05, 3.63) is 29.8 Å². The van der Waals surface area contributed by atoms with E-state index in [4.69, 9.17) is 0 Å². The lowest BCUT2D eigenvalue weighted by atomic mass is 10.1. The van der Waals surface area contributed by atoms with Crippen LogP contribution in [0.4, 0.5) is 13.2 Å². The van der Waals surface area contributed by atoms with E-state index in [2.05, 4.69) is 38.7 Å². The molecule has 1 aromatic carbocycles. The molecule has 2 unspecified atom stereocenters. The molecule has 1 fully saturated rings. The molecule has 178 valence electrons. The molecule has 1 heterocycles. The van der Waals surface area contributed by atoms with Crippen LogP contribution in [-0.2, 0) is 0 Å². The highest BCUT2D eigenvalue weighted by atomic mass is 127. The SMILES string of the molecule is CCNC(=NCC(O)c1ccc(OC(F)(F)F)cc1)N1CCC(CN(CC)CC)C1.I. The van der Waals surface area contributed by atoms with E-state index in [1.165, 1.54) is 24.3 Å². The van der Waals surface area contributed by atoms with E-state index in [0.29, 0.717) is 11.5 Å². The molecule has 1 saturated heterocycles. The van der Waals surface area contributed by atoms with Crippen molar-refractivity contribution >= 4 is 29.9 Å². The highest BCUT2D eigenvalue weighted by Gasteiger charge is 2.31. The Balaban J connectivity index is 0.00000480. The number of aliphatic imine (C=N–C) groups is 1. The van der Waals surface area contributed by atoms with Crippen LogP contribution in [0.5, 0.6) is 5.75 Å². The van der Waals surface area contributed by atoms with Crippen molar-refractivity contribution in [1.29, 1.82) is 0 Å². The number of benzene rings is 1. The summed E-state index contributed by atoms with van der Waals surface area (Å²) in [4.78, 5) is 9.20. The third-order valence-corrected chi connectivity index (χ3v) is 5.24. The Kier molecular flexibility index (Phi) is 11.9. The van der Waals surface area contributed by atoms with Crippen LogP contribution in [0, 0.1) is 5.92 Å². The van der Waals surface area contributed by atoms with Gasteiger partial charge in [-0.2, -0.15) is 0 Å². The molecular formula is C21H34F3IN4O2. The molecule has 0 aliphatic carbocycles. The summed E-state index contributed by atoms with van der Waals surface area (Å²) in [7, 11) is 0. The number of nitrogens with one attached hydrogen (secondary N) is 1. The second-order valence-corrected chi connectivity index (χ2v) is 7.41. The average Bonchev–Trinajstić information content (AvgIpc) is 3.16. The summed E-state index contributed by atoms with van der Waals surface area (Å²) in [5.41, 5.74) is 0.491. The first-order valence-electron chi connectivity index (χ1n) is 10.5. The lowest BCUT2D eigenvalue weighted by Gasteiger charge is -2.24. The molecule has 0 bridgehead atoms. The van der Waals surface area contributed by atoms with Gasteiger partial charge in [0.1, 0.15) is 5.75 Å². The molecule has 2 rings (SSSR count). The summed E-state index contributed by atoms with van der Waals surface area (Å²) in [6, 6.07) is 5.23. The van der Waals surface area contributed by atoms with Crippen molar-refractivity contribution in [2.75, 3.05) is 45.8 Å². The first-order chi connectivity index (χ1) is 14.3. The number of ether oxygens (including phenoxy) is 1. The summed E-state index contributed by atoms with van der Waals surface area (Å²) < 4.78 is 40.7. The minimum atomic E-state index is -4.73. The predicted molar refractivity (Wildman–Crippen MR) is 127 cm³/mol. The summed E-state index contributed by atoms with van der Waals surface area (Å²) in [5.74, 6) is 1.03. The number of likely N-dealkylation sites (tertiary alicyclic amines) is 1. The van der Waals surface area contributed by atoms with Crippen LogP contribution < -0.4 is 10.1 Å². The fourth-order valence-electron chi connectivity index (χ4n) is 3.62. The minimum absolute atomic E-state index is 0. The molecule has 2 atom stereocenters. The Morgan fingerprint density at radius 2 is 1.90 bits per heavy atom. The van der Waals surface area contributed by atoms with E-state index < -0.39 is 12.5 Å². The van der Waals surface area contributed by atoms with Gasteiger partial charge >= 0.3 is 6.36 Å². The third-order valence-electron chi connectivity index (χ3n) is 5.24. The van der Waals surface area contributed by atoms with Gasteiger partial charge in [-0.3, -0.25) is 4.99 Å². The molecule has 1 aliphatic rings. The molecule has 6 nitrogen and oxygen atoms in total. The number of nitrogens with zero attached hydrogens (tertiary/aromatic N) is 3. The molecular weight excluding hydrogens is 524 g/mol. The maximum atomic E-state index is 12.3. The zero-order chi connectivity index (χ0) is 22.1. The van der Waals surface area contributed by atoms with E-state index in [9.17, 15) is 18.3 Å². The number of hydrogen-bond acceptors (Lipinski definition) is 4. The molecule has 1 aromatic rings. The lowest BCUT2D eigenvalue weighted by Crippen LogP contribution is -2.41. The van der Waals surface area contributed by atoms with Gasteiger partial charge in [0.05, 0.1) is 12.6 Å². The molecule has 0 aromatic heterocycles. The van der Waals surface area contributed by atoms with Crippen LogP contribution in [0.3, 0.4) is 0 Å². The number of guanidine groups is 1. The Morgan fingerprint density at radius 1 is 1.26 bits per heavy atom. The van der Waals surface area contributed by atoms with Crippen LogP contribution in [0.1, 0.15) is 38.9 Å². The second-order valence-electron chi connectivity index (χ2n) is 7.41. The third kappa shape index (κ3) is 9.40. The standard InChI is InChI=1S/C21H33F3N4O2.HI/c1-4-25-20(28-12-11-16(15-28)14-27(5-2)6-3)26-13-19(29)17-7-9-18(10-8-17)30-21(22,23)24;/h7-10,16,19,29H,4-6,11-15H2,1-3H3,(H,25,26);1H. The summed E-state index contributed by atoms with van der Waals surface area (Å²) >= 11 is 0. The van der Waals surface area contributed by atoms with Gasteiger partial charge in [-0.25, -0.2) is 0 Å². The van der Waals surface area contributed by atoms with Crippen LogP contribution in [-0.4, -0.2) is 73.0 Å². The van der Waals surface area contributed by atoms with E-state index in [1.807, 2.05) is 6.92 Å². The van der Waals surface area contributed by atoms with E-state index in [-0.39, 0.29) is 36.3 Å². The zero-order valence-corrected chi connectivity index (χ0v) is 20.7. The van der Waals surface area contributed by atoms with Crippen molar-refractivity contribution in [3.8, 4) is 5.75 Å². The number of alkyl halides is 3. The van der Waals surface area contributed by atoms with E-state index >= 15 is 0 Å². The maximum Gasteiger partial charge on any atom is 0.573 e. The lowest BCUT2D eigenvalue weighted by molar-refractivity contribution is -0.274. The number of aliphatic hydroxyl groups is 1. The first kappa shape index (κ1) is 27.8. The number of rotatable bonds is 9. The molecule has 10 heteroatoms. The van der Waals surface area contributed by atoms with Crippen LogP contribution >= 0.6 is 24.0 Å². The fourth-order valence-corrected chi connectivity index (χ4v) is 3.62. The molecule has 1 aliphatic heterocycles. The van der Waals surface area contributed by atoms with Crippen LogP contribution in [0.2, 0.25) is 0 Å². The number of halogens is 4. The fraction of sp³-hybridized carbons (Fsp3) is 0.667. The van der Waals surface area contributed by atoms with Crippen molar-refractivity contribution in [3.63, 3.8) is 0 Å². The topological polar surface area (TPSA) is 60.3 Å². The smallest absolute Gasteiger partial charge is 0.406 e. The van der Waals surface area contributed by atoms with E-state index in [1.54, 1.807) is 0 Å². The highest BCUT2D eigenvalue weighted by molar-refractivity contribution is 14.0. The number of hydrogen-bond donors (Lipinski definition) is 2. The molecule has 0 saturated carbocycles. The Morgan fingerprint density at radius 3 is 2.45 bits per heavy atom. The van der Waals surface area contributed by atoms with Gasteiger partial charge in [0.15, 0.2) is 5.96 Å². The summed E-state index contributed by atoms with van der Waals surface area (Å²) in [5, 5.41) is 13.7. The monoisotopic (exact) mass is 558 g/mol. The van der Waals surface area contributed by atoms with Gasteiger partial charge in [-0.15, -0.1) is 37.1 Å². The van der Waals surface area contributed by atoms with Crippen molar-refractivity contribution in [1.82, 2.24) is 15.1 Å².